The van der Waals surface area contributed by atoms with Crippen LogP contribution >= 0.6 is 50.5 Å². The molecule has 0 atom stereocenters. The molecule has 5 aromatic carbocycles. The van der Waals surface area contributed by atoms with Crippen LogP contribution in [0.2, 0.25) is 0 Å². The summed E-state index contributed by atoms with van der Waals surface area (Å²) in [6.45, 7) is 8.98. The van der Waals surface area contributed by atoms with Gasteiger partial charge in [-0.25, -0.2) is 0 Å². The molecular formula is C44H44B2S4. The van der Waals surface area contributed by atoms with Gasteiger partial charge in [0, 0.05) is 19.6 Å². The van der Waals surface area contributed by atoms with E-state index < -0.39 is 0 Å². The second kappa shape index (κ2) is 15.0. The molecule has 0 N–H and O–H groups in total. The van der Waals surface area contributed by atoms with Gasteiger partial charge in [0.1, 0.15) is 0 Å². The number of fused-ring (bicyclic) bond motifs is 4. The smallest absolute Gasteiger partial charge is 0.144 e. The zero-order valence-electron chi connectivity index (χ0n) is 29.4. The molecule has 2 aliphatic rings. The lowest BCUT2D eigenvalue weighted by molar-refractivity contribution is 0.795. The molecule has 0 radical (unpaired) electrons. The molecule has 2 heterocycles. The second-order valence-electron chi connectivity index (χ2n) is 14.2. The van der Waals surface area contributed by atoms with Crippen molar-refractivity contribution in [2.24, 2.45) is 0 Å². The molecule has 5 aromatic rings. The van der Waals surface area contributed by atoms with E-state index in [0.717, 1.165) is 58.1 Å². The summed E-state index contributed by atoms with van der Waals surface area (Å²) in [6, 6.07) is 27.6. The molecule has 0 unspecified atom stereocenters. The van der Waals surface area contributed by atoms with Crippen LogP contribution in [0.3, 0.4) is 0 Å². The number of rotatable bonds is 8. The largest absolute Gasteiger partial charge is 0.244 e. The van der Waals surface area contributed by atoms with Gasteiger partial charge in [0.15, 0.2) is 0 Å². The first-order chi connectivity index (χ1) is 24.2. The van der Waals surface area contributed by atoms with E-state index in [4.69, 9.17) is 50.5 Å². The summed E-state index contributed by atoms with van der Waals surface area (Å²) in [6.07, 6.45) is 15.9. The molecule has 0 saturated heterocycles. The van der Waals surface area contributed by atoms with Gasteiger partial charge in [0.2, 0.25) is 13.4 Å². The van der Waals surface area contributed by atoms with Gasteiger partial charge in [-0.3, -0.25) is 0 Å². The molecule has 0 bridgehead atoms. The summed E-state index contributed by atoms with van der Waals surface area (Å²) in [7, 11) is 0. The minimum atomic E-state index is 0.0252. The third-order valence-corrected chi connectivity index (χ3v) is 11.8. The van der Waals surface area contributed by atoms with E-state index in [1.54, 1.807) is 0 Å². The highest BCUT2D eigenvalue weighted by Crippen LogP contribution is 2.25. The summed E-state index contributed by atoms with van der Waals surface area (Å²) in [5.74, 6) is 0. The van der Waals surface area contributed by atoms with Crippen LogP contribution < -0.4 is 32.8 Å². The van der Waals surface area contributed by atoms with Crippen molar-refractivity contribution in [1.29, 1.82) is 0 Å². The number of unbranched alkanes of at least 4 members (excludes halogenated alkanes) is 2. The average molecular weight is 723 g/mol. The van der Waals surface area contributed by atoms with Gasteiger partial charge in [0.05, 0.1) is 0 Å². The van der Waals surface area contributed by atoms with E-state index in [2.05, 4.69) is 125 Å². The maximum Gasteiger partial charge on any atom is 0.244 e. The van der Waals surface area contributed by atoms with Crippen LogP contribution in [0.4, 0.5) is 0 Å². The molecule has 6 heteroatoms. The molecule has 0 nitrogen and oxygen atoms in total. The fourth-order valence-corrected chi connectivity index (χ4v) is 9.74. The Labute approximate surface area is 322 Å². The molecule has 50 heavy (non-hydrogen) atoms. The Morgan fingerprint density at radius 1 is 0.460 bits per heavy atom. The van der Waals surface area contributed by atoms with Crippen LogP contribution in [-0.2, 0) is 12.8 Å². The fraction of sp³-hybridized carbons (Fsp3) is 0.227. The number of benzene rings is 5. The normalized spacial score (nSPS) is 13.0. The molecule has 2 aliphatic heterocycles. The third-order valence-electron chi connectivity index (χ3n) is 10.5. The van der Waals surface area contributed by atoms with Crippen molar-refractivity contribution in [3.05, 3.63) is 117 Å². The van der Waals surface area contributed by atoms with E-state index in [9.17, 15) is 0 Å². The van der Waals surface area contributed by atoms with Crippen molar-refractivity contribution in [3.63, 3.8) is 0 Å². The van der Waals surface area contributed by atoms with Crippen LogP contribution in [0.5, 0.6) is 0 Å². The number of hydrogen-bond donors (Lipinski definition) is 4. The van der Waals surface area contributed by atoms with Gasteiger partial charge in [0.25, 0.3) is 0 Å². The Morgan fingerprint density at radius 2 is 0.840 bits per heavy atom. The van der Waals surface area contributed by atoms with Gasteiger partial charge >= 0.3 is 0 Å². The first kappa shape index (κ1) is 35.5. The number of thiol groups is 4. The lowest BCUT2D eigenvalue weighted by Crippen LogP contribution is -2.58. The summed E-state index contributed by atoms with van der Waals surface area (Å²) >= 11 is 20.0. The van der Waals surface area contributed by atoms with Gasteiger partial charge < -0.3 is 0 Å². The summed E-state index contributed by atoms with van der Waals surface area (Å²) in [5.41, 5.74) is 18.1. The quantitative estimate of drug-likeness (QED) is 0.0885. The molecular weight excluding hydrogens is 678 g/mol. The third kappa shape index (κ3) is 6.86. The molecule has 0 amide bonds. The Morgan fingerprint density at radius 3 is 1.24 bits per heavy atom. The fourth-order valence-electron chi connectivity index (χ4n) is 8.14. The molecule has 0 aliphatic carbocycles. The zero-order chi connectivity index (χ0) is 35.1. The van der Waals surface area contributed by atoms with Crippen LogP contribution in [0.15, 0.2) is 92.4 Å². The van der Waals surface area contributed by atoms with Gasteiger partial charge in [-0.2, -0.15) is 0 Å². The first-order valence-electron chi connectivity index (χ1n) is 18.0. The maximum atomic E-state index is 5.20. The average Bonchev–Trinajstić information content (AvgIpc) is 3.32. The Hall–Kier alpha value is -2.89. The lowest BCUT2D eigenvalue weighted by atomic mass is 9.32. The summed E-state index contributed by atoms with van der Waals surface area (Å²) < 4.78 is 0. The van der Waals surface area contributed by atoms with Gasteiger partial charge in [-0.1, -0.05) is 155 Å². The van der Waals surface area contributed by atoms with E-state index in [1.807, 2.05) is 0 Å². The van der Waals surface area contributed by atoms with E-state index >= 15 is 0 Å². The highest BCUT2D eigenvalue weighted by molar-refractivity contribution is 7.81. The standard InChI is InChI=1S/C44H44B2S4/c1-5-7-9-33-21-35(47)25-41(49)43(33)45-37-19-27(3)11-13-29(37)15-17-31-24-40-32(23-39(31)45)18-16-30-14-12-28(4)20-38(30)46(40)44-34(10-8-6-2)22-36(48)26-42(44)50/h11-26,47-50H,5-10H2,1-4H3. The van der Waals surface area contributed by atoms with Crippen molar-refractivity contribution in [2.45, 2.75) is 85.8 Å². The monoisotopic (exact) mass is 722 g/mol. The highest BCUT2D eigenvalue weighted by atomic mass is 32.1. The van der Waals surface area contributed by atoms with E-state index in [0.29, 0.717) is 0 Å². The lowest BCUT2D eigenvalue weighted by Gasteiger charge is -2.27. The maximum absolute atomic E-state index is 5.20. The summed E-state index contributed by atoms with van der Waals surface area (Å²) in [4.78, 5) is 3.95. The predicted molar refractivity (Wildman–Crippen MR) is 235 cm³/mol. The minimum Gasteiger partial charge on any atom is -0.144 e. The first-order valence-corrected chi connectivity index (χ1v) is 19.8. The Balaban J connectivity index is 1.54. The van der Waals surface area contributed by atoms with Crippen molar-refractivity contribution >= 4 is 121 Å². The summed E-state index contributed by atoms with van der Waals surface area (Å²) in [5, 5.41) is 0. The molecule has 0 fully saturated rings. The zero-order valence-corrected chi connectivity index (χ0v) is 33.0. The van der Waals surface area contributed by atoms with Crippen LogP contribution in [0.25, 0.3) is 24.3 Å². The van der Waals surface area contributed by atoms with Crippen LogP contribution in [0.1, 0.15) is 84.0 Å². The van der Waals surface area contributed by atoms with Crippen molar-refractivity contribution in [1.82, 2.24) is 0 Å². The van der Waals surface area contributed by atoms with Crippen molar-refractivity contribution in [3.8, 4) is 0 Å². The van der Waals surface area contributed by atoms with Crippen LogP contribution in [-0.4, -0.2) is 13.4 Å². The van der Waals surface area contributed by atoms with Gasteiger partial charge in [-0.15, -0.1) is 50.5 Å². The number of aryl methyl sites for hydroxylation is 4. The molecule has 0 spiro atoms. The Kier molecular flexibility index (Phi) is 10.6. The predicted octanol–water partition coefficient (Wildman–Crippen LogP) is 8.14. The minimum absolute atomic E-state index is 0.0252. The molecule has 7 rings (SSSR count). The van der Waals surface area contributed by atoms with Crippen molar-refractivity contribution in [2.75, 3.05) is 0 Å². The molecule has 250 valence electrons. The number of hydrogen-bond acceptors (Lipinski definition) is 4. The topological polar surface area (TPSA) is 0 Å². The molecule has 0 saturated carbocycles. The molecule has 0 aromatic heterocycles. The SMILES string of the molecule is CCCCc1cc(S)cc(S)c1B1c2cc(C)ccc2C=Cc2cc3c(cc21)C=Cc1ccc(C)cc1B3c1c(S)cc(S)cc1CCCC. The van der Waals surface area contributed by atoms with Crippen LogP contribution in [0, 0.1) is 13.8 Å². The van der Waals surface area contributed by atoms with Crippen molar-refractivity contribution < 1.29 is 0 Å². The highest BCUT2D eigenvalue weighted by Gasteiger charge is 2.36. The van der Waals surface area contributed by atoms with Gasteiger partial charge in [-0.05, 0) is 86.1 Å². The Bertz CT molecular complexity index is 2030. The second-order valence-corrected chi connectivity index (χ2v) is 16.2. The van der Waals surface area contributed by atoms with E-state index in [-0.39, 0.29) is 13.4 Å². The van der Waals surface area contributed by atoms with E-state index in [1.165, 1.54) is 77.3 Å².